The van der Waals surface area contributed by atoms with Crippen molar-refractivity contribution in [1.29, 1.82) is 0 Å². The van der Waals surface area contributed by atoms with Crippen molar-refractivity contribution in [3.63, 3.8) is 0 Å². The van der Waals surface area contributed by atoms with Crippen LogP contribution in [0.3, 0.4) is 0 Å². The molecule has 0 atom stereocenters. The largest absolute Gasteiger partial charge is 0.457 e. The zero-order chi connectivity index (χ0) is 36.4. The molecular weight excluding hydrogens is 615 g/mol. The minimum absolute atomic E-state index is 0.0299. The topological polar surface area (TPSA) is 48.8 Å². The number of nitrogens with zero attached hydrogens (tertiary/aromatic N) is 5. The van der Waals surface area contributed by atoms with Gasteiger partial charge in [0, 0.05) is 38.0 Å². The molecule has 4 aromatic carbocycles. The van der Waals surface area contributed by atoms with Gasteiger partial charge in [-0.15, -0.1) is 0 Å². The van der Waals surface area contributed by atoms with Gasteiger partial charge in [-0.3, -0.25) is 4.57 Å². The van der Waals surface area contributed by atoms with E-state index in [2.05, 4.69) is 101 Å². The molecule has 0 saturated carbocycles. The van der Waals surface area contributed by atoms with Gasteiger partial charge in [-0.2, -0.15) is 9.13 Å². The molecule has 4 heterocycles. The number of rotatable bonds is 6. The fourth-order valence-corrected chi connectivity index (χ4v) is 6.67. The lowest BCUT2D eigenvalue weighted by Gasteiger charge is -2.19. The Kier molecular flexibility index (Phi) is 7.00. The van der Waals surface area contributed by atoms with Crippen LogP contribution in [0.15, 0.2) is 134 Å². The first-order chi connectivity index (χ1) is 24.8. The molecule has 0 bridgehead atoms. The number of para-hydroxylation sites is 3. The average molecular weight is 659 g/mol. The number of pyridine rings is 2. The zero-order valence-corrected chi connectivity index (χ0v) is 29.3. The van der Waals surface area contributed by atoms with Crippen LogP contribution in [-0.4, -0.2) is 19.1 Å². The summed E-state index contributed by atoms with van der Waals surface area (Å²) in [4.78, 5) is 9.51. The second-order valence-electron chi connectivity index (χ2n) is 14.9. The van der Waals surface area contributed by atoms with E-state index < -0.39 is 11.8 Å². The summed E-state index contributed by atoms with van der Waals surface area (Å²) in [5.74, 6) is 2.72. The summed E-state index contributed by atoms with van der Waals surface area (Å²) >= 11 is 0. The highest BCUT2D eigenvalue weighted by Gasteiger charge is 2.22. The summed E-state index contributed by atoms with van der Waals surface area (Å²) in [6.07, 6.45) is 4.01. The van der Waals surface area contributed by atoms with Gasteiger partial charge in [-0.05, 0) is 89.0 Å². The number of ether oxygens (including phenoxy) is 1. The van der Waals surface area contributed by atoms with E-state index in [1.165, 1.54) is 5.56 Å². The molecule has 248 valence electrons. The Bertz CT molecular complexity index is 2620. The first kappa shape index (κ1) is 29.2. The third-order valence-corrected chi connectivity index (χ3v) is 8.96. The van der Waals surface area contributed by atoms with E-state index in [4.69, 9.17) is 17.4 Å². The molecule has 0 amide bonds. The Balaban J connectivity index is 1.19. The fraction of sp³-hybridized carbons (Fsp3) is 0.205. The lowest BCUT2D eigenvalue weighted by Crippen LogP contribution is -2.29. The summed E-state index contributed by atoms with van der Waals surface area (Å²) < 4.78 is 30.8. The highest BCUT2D eigenvalue weighted by atomic mass is 16.5. The summed E-state index contributed by atoms with van der Waals surface area (Å²) in [5.41, 5.74) is 6.41. The predicted molar refractivity (Wildman–Crippen MR) is 203 cm³/mol. The van der Waals surface area contributed by atoms with Crippen LogP contribution in [0.5, 0.6) is 11.5 Å². The normalized spacial score (nSPS) is 13.2. The summed E-state index contributed by atoms with van der Waals surface area (Å²) in [7, 11) is 0. The molecule has 0 saturated heterocycles. The van der Waals surface area contributed by atoms with Crippen LogP contribution in [0.25, 0.3) is 50.2 Å². The van der Waals surface area contributed by atoms with Gasteiger partial charge in [0.05, 0.1) is 11.0 Å². The molecule has 0 aliphatic rings. The Morgan fingerprint density at radius 2 is 1.38 bits per heavy atom. The number of benzene rings is 4. The van der Waals surface area contributed by atoms with Crippen LogP contribution in [0, 0.1) is 5.41 Å². The van der Waals surface area contributed by atoms with Crippen LogP contribution >= 0.6 is 0 Å². The Morgan fingerprint density at radius 3 is 2.20 bits per heavy atom. The standard InChI is InChI=1S/C44H42N5O/c1-43(2,3)28-30-20-22-46-42(24-30)49-37-15-8-7-14-35(37)36-19-18-33(26-40(36)49)50-34-21-23-45-41(27-34)48-29-47(38-16-9-10-17-39(38)48)32-13-11-12-31(25-32)44(4,5)6/h7-27,29H,28H2,1-6H3/q+1/i28D2. The molecule has 8 rings (SSSR count). The SMILES string of the molecule is [2H]C([2H])(c1ccnc(-n2c3ccccc3c3ccc(Oc4ccnc(-n5c[n+](-c6cccc(C(C)(C)C)c6)c6ccccc65)c4)cc32)c1)C(C)(C)C. The summed E-state index contributed by atoms with van der Waals surface area (Å²) in [6.45, 7) is 12.5. The fourth-order valence-electron chi connectivity index (χ4n) is 6.67. The van der Waals surface area contributed by atoms with E-state index in [1.54, 1.807) is 18.5 Å². The van der Waals surface area contributed by atoms with Crippen molar-refractivity contribution in [2.45, 2.75) is 53.3 Å². The second kappa shape index (κ2) is 12.0. The van der Waals surface area contributed by atoms with Gasteiger partial charge in [-0.25, -0.2) is 9.97 Å². The van der Waals surface area contributed by atoms with Crippen LogP contribution in [0.2, 0.25) is 0 Å². The molecule has 50 heavy (non-hydrogen) atoms. The molecule has 8 aromatic rings. The van der Waals surface area contributed by atoms with Crippen LogP contribution in [0.1, 0.15) is 55.4 Å². The minimum atomic E-state index is -1.56. The first-order valence-electron chi connectivity index (χ1n) is 18.1. The van der Waals surface area contributed by atoms with E-state index in [0.717, 1.165) is 44.3 Å². The molecule has 0 aliphatic carbocycles. The smallest absolute Gasteiger partial charge is 0.256 e. The number of imidazole rings is 1. The highest BCUT2D eigenvalue weighted by Crippen LogP contribution is 2.36. The molecule has 4 aromatic heterocycles. The minimum Gasteiger partial charge on any atom is -0.457 e. The molecule has 0 radical (unpaired) electrons. The Labute approximate surface area is 296 Å². The van der Waals surface area contributed by atoms with E-state index in [1.807, 2.05) is 69.3 Å². The summed E-state index contributed by atoms with van der Waals surface area (Å²) in [6, 6.07) is 38.9. The molecular formula is C44H42N5O+. The molecule has 0 N–H and O–H groups in total. The first-order valence-corrected chi connectivity index (χ1v) is 17.1. The molecule has 0 unspecified atom stereocenters. The highest BCUT2D eigenvalue weighted by molar-refractivity contribution is 6.09. The molecule has 0 fully saturated rings. The third kappa shape index (κ3) is 5.91. The van der Waals surface area contributed by atoms with Gasteiger partial charge in [0.1, 0.15) is 23.0 Å². The quantitative estimate of drug-likeness (QED) is 0.167. The third-order valence-electron chi connectivity index (χ3n) is 8.96. The van der Waals surface area contributed by atoms with Gasteiger partial charge in [0.15, 0.2) is 11.0 Å². The molecule has 6 heteroatoms. The van der Waals surface area contributed by atoms with E-state index >= 15 is 0 Å². The van der Waals surface area contributed by atoms with Gasteiger partial charge >= 0.3 is 0 Å². The van der Waals surface area contributed by atoms with Crippen molar-refractivity contribution in [2.24, 2.45) is 5.41 Å². The van der Waals surface area contributed by atoms with Gasteiger partial charge in [0.25, 0.3) is 6.33 Å². The monoisotopic (exact) mass is 658 g/mol. The van der Waals surface area contributed by atoms with E-state index in [9.17, 15) is 0 Å². The molecule has 6 nitrogen and oxygen atoms in total. The lowest BCUT2D eigenvalue weighted by atomic mass is 9.87. The van der Waals surface area contributed by atoms with Gasteiger partial charge in [0.2, 0.25) is 5.82 Å². The second-order valence-corrected chi connectivity index (χ2v) is 14.9. The zero-order valence-electron chi connectivity index (χ0n) is 31.3. The van der Waals surface area contributed by atoms with Crippen molar-refractivity contribution >= 4 is 32.8 Å². The van der Waals surface area contributed by atoms with Crippen molar-refractivity contribution in [1.82, 2.24) is 19.1 Å². The summed E-state index contributed by atoms with van der Waals surface area (Å²) in [5, 5.41) is 2.14. The number of aromatic nitrogens is 5. The maximum Gasteiger partial charge on any atom is 0.256 e. The predicted octanol–water partition coefficient (Wildman–Crippen LogP) is 10.5. The van der Waals surface area contributed by atoms with Crippen molar-refractivity contribution in [3.05, 3.63) is 145 Å². The Hall–Kier alpha value is -5.75. The van der Waals surface area contributed by atoms with Gasteiger partial charge in [-0.1, -0.05) is 84.0 Å². The average Bonchev–Trinajstić information content (AvgIpc) is 3.67. The molecule has 0 aliphatic heterocycles. The lowest BCUT2D eigenvalue weighted by molar-refractivity contribution is -0.567. The van der Waals surface area contributed by atoms with Crippen LogP contribution in [-0.2, 0) is 11.8 Å². The van der Waals surface area contributed by atoms with Crippen LogP contribution < -0.4 is 9.30 Å². The maximum atomic E-state index is 8.93. The van der Waals surface area contributed by atoms with Gasteiger partial charge < -0.3 is 4.74 Å². The Morgan fingerprint density at radius 1 is 0.660 bits per heavy atom. The number of hydrogen-bond donors (Lipinski definition) is 0. The number of hydrogen-bond acceptors (Lipinski definition) is 3. The maximum absolute atomic E-state index is 8.93. The molecule has 0 spiro atoms. The van der Waals surface area contributed by atoms with E-state index in [-0.39, 0.29) is 5.41 Å². The van der Waals surface area contributed by atoms with Crippen molar-refractivity contribution in [2.75, 3.05) is 0 Å². The van der Waals surface area contributed by atoms with Crippen molar-refractivity contribution < 1.29 is 12.0 Å². The number of fused-ring (bicyclic) bond motifs is 4. The van der Waals surface area contributed by atoms with Crippen LogP contribution in [0.4, 0.5) is 0 Å². The van der Waals surface area contributed by atoms with E-state index in [0.29, 0.717) is 22.9 Å². The van der Waals surface area contributed by atoms with Crippen molar-refractivity contribution in [3.8, 4) is 28.8 Å².